The fraction of sp³-hybridized carbons (Fsp3) is 0.435. The molecule has 0 radical (unpaired) electrons. The number of aryl methyl sites for hydroxylation is 4. The Morgan fingerprint density at radius 3 is 2.75 bits per heavy atom. The van der Waals surface area contributed by atoms with Crippen molar-refractivity contribution in [1.29, 1.82) is 0 Å². The van der Waals surface area contributed by atoms with Gasteiger partial charge in [-0.05, 0) is 63.3 Å². The van der Waals surface area contributed by atoms with E-state index in [1.165, 1.54) is 16.7 Å². The molecule has 1 aliphatic rings. The Hall–Kier alpha value is -2.69. The number of piperidine rings is 1. The number of nitrogens with one attached hydrogen (secondary N) is 1. The molecule has 1 aliphatic heterocycles. The summed E-state index contributed by atoms with van der Waals surface area (Å²) >= 11 is 0. The Labute approximate surface area is 167 Å². The van der Waals surface area contributed by atoms with Gasteiger partial charge in [0, 0.05) is 25.2 Å². The second kappa shape index (κ2) is 9.00. The first kappa shape index (κ1) is 20.1. The number of rotatable bonds is 5. The van der Waals surface area contributed by atoms with Crippen molar-refractivity contribution >= 4 is 17.6 Å². The van der Waals surface area contributed by atoms with Crippen LogP contribution in [0.2, 0.25) is 0 Å². The Kier molecular flexibility index (Phi) is 6.45. The van der Waals surface area contributed by atoms with Crippen molar-refractivity contribution in [2.45, 2.75) is 46.5 Å². The number of hydrogen-bond donors (Lipinski definition) is 1. The van der Waals surface area contributed by atoms with Gasteiger partial charge in [0.2, 0.25) is 11.8 Å². The Morgan fingerprint density at radius 2 is 2.00 bits per heavy atom. The topological polar surface area (TPSA) is 62.3 Å². The van der Waals surface area contributed by atoms with Crippen LogP contribution in [0.5, 0.6) is 0 Å². The van der Waals surface area contributed by atoms with E-state index < -0.39 is 0 Å². The molecule has 1 unspecified atom stereocenters. The summed E-state index contributed by atoms with van der Waals surface area (Å²) in [7, 11) is 0. The molecule has 1 fully saturated rings. The minimum Gasteiger partial charge on any atom is -0.342 e. The standard InChI is InChI=1S/C23H29N3O2/c1-16-9-10-19(17(2)14-16)11-12-22(27)26-13-5-7-20(15-26)23(28)25-21-8-4-6-18(3)24-21/h4,6,8-10,14,20H,5,7,11-13,15H2,1-3H3,(H,24,25,28). The van der Waals surface area contributed by atoms with Crippen LogP contribution in [-0.4, -0.2) is 34.8 Å². The van der Waals surface area contributed by atoms with Crippen molar-refractivity contribution in [3.8, 4) is 0 Å². The normalized spacial score (nSPS) is 16.7. The molecule has 1 N–H and O–H groups in total. The molecule has 0 bridgehead atoms. The van der Waals surface area contributed by atoms with Gasteiger partial charge in [-0.2, -0.15) is 0 Å². The van der Waals surface area contributed by atoms with Gasteiger partial charge >= 0.3 is 0 Å². The lowest BCUT2D eigenvalue weighted by molar-refractivity contribution is -0.134. The highest BCUT2D eigenvalue weighted by molar-refractivity contribution is 5.92. The van der Waals surface area contributed by atoms with Crippen molar-refractivity contribution < 1.29 is 9.59 Å². The summed E-state index contributed by atoms with van der Waals surface area (Å²) in [4.78, 5) is 31.5. The highest BCUT2D eigenvalue weighted by atomic mass is 16.2. The smallest absolute Gasteiger partial charge is 0.230 e. The molecule has 3 rings (SSSR count). The first-order chi connectivity index (χ1) is 13.4. The van der Waals surface area contributed by atoms with E-state index in [0.29, 0.717) is 18.8 Å². The van der Waals surface area contributed by atoms with Crippen LogP contribution in [0.1, 0.15) is 41.6 Å². The lowest BCUT2D eigenvalue weighted by atomic mass is 9.96. The molecule has 1 aromatic heterocycles. The third kappa shape index (κ3) is 5.18. The highest BCUT2D eigenvalue weighted by Gasteiger charge is 2.28. The molecule has 28 heavy (non-hydrogen) atoms. The number of amides is 2. The van der Waals surface area contributed by atoms with E-state index in [1.807, 2.05) is 24.0 Å². The molecule has 5 nitrogen and oxygen atoms in total. The van der Waals surface area contributed by atoms with E-state index in [1.54, 1.807) is 6.07 Å². The molecule has 0 spiro atoms. The molecule has 2 heterocycles. The predicted octanol–water partition coefficient (Wildman–Crippen LogP) is 3.82. The fourth-order valence-electron chi connectivity index (χ4n) is 3.78. The quantitative estimate of drug-likeness (QED) is 0.859. The molecular formula is C23H29N3O2. The molecule has 1 saturated heterocycles. The van der Waals surface area contributed by atoms with E-state index in [9.17, 15) is 9.59 Å². The largest absolute Gasteiger partial charge is 0.342 e. The summed E-state index contributed by atoms with van der Waals surface area (Å²) in [5.41, 5.74) is 4.55. The average molecular weight is 380 g/mol. The zero-order valence-electron chi connectivity index (χ0n) is 17.0. The maximum atomic E-state index is 12.7. The molecule has 0 aliphatic carbocycles. The van der Waals surface area contributed by atoms with Gasteiger partial charge in [0.1, 0.15) is 5.82 Å². The van der Waals surface area contributed by atoms with Gasteiger partial charge in [-0.15, -0.1) is 0 Å². The lowest BCUT2D eigenvalue weighted by Gasteiger charge is -2.32. The molecule has 1 aromatic carbocycles. The third-order valence-corrected chi connectivity index (χ3v) is 5.39. The predicted molar refractivity (Wildman–Crippen MR) is 111 cm³/mol. The molecular weight excluding hydrogens is 350 g/mol. The van der Waals surface area contributed by atoms with Crippen LogP contribution in [0.4, 0.5) is 5.82 Å². The van der Waals surface area contributed by atoms with Crippen LogP contribution < -0.4 is 5.32 Å². The second-order valence-electron chi connectivity index (χ2n) is 7.76. The summed E-state index contributed by atoms with van der Waals surface area (Å²) in [5.74, 6) is 0.473. The number of aromatic nitrogens is 1. The summed E-state index contributed by atoms with van der Waals surface area (Å²) in [6.07, 6.45) is 2.89. The van der Waals surface area contributed by atoms with E-state index in [4.69, 9.17) is 0 Å². The molecule has 2 aromatic rings. The lowest BCUT2D eigenvalue weighted by Crippen LogP contribution is -2.43. The Balaban J connectivity index is 1.54. The number of likely N-dealkylation sites (tertiary alicyclic amines) is 1. The maximum Gasteiger partial charge on any atom is 0.230 e. The number of pyridine rings is 1. The van der Waals surface area contributed by atoms with Gasteiger partial charge in [0.25, 0.3) is 0 Å². The summed E-state index contributed by atoms with van der Waals surface area (Å²) in [5, 5.41) is 2.89. The van der Waals surface area contributed by atoms with Crippen molar-refractivity contribution in [2.24, 2.45) is 5.92 Å². The van der Waals surface area contributed by atoms with Crippen molar-refractivity contribution in [3.05, 3.63) is 58.8 Å². The number of benzene rings is 1. The summed E-state index contributed by atoms with van der Waals surface area (Å²) < 4.78 is 0. The molecule has 0 saturated carbocycles. The van der Waals surface area contributed by atoms with Crippen LogP contribution in [-0.2, 0) is 16.0 Å². The molecule has 2 amide bonds. The van der Waals surface area contributed by atoms with Gasteiger partial charge in [0.05, 0.1) is 5.92 Å². The molecule has 148 valence electrons. The van der Waals surface area contributed by atoms with Gasteiger partial charge < -0.3 is 10.2 Å². The van der Waals surface area contributed by atoms with Crippen LogP contribution in [0, 0.1) is 26.7 Å². The van der Waals surface area contributed by atoms with E-state index >= 15 is 0 Å². The second-order valence-corrected chi connectivity index (χ2v) is 7.76. The van der Waals surface area contributed by atoms with Gasteiger partial charge in [-0.1, -0.05) is 29.8 Å². The summed E-state index contributed by atoms with van der Waals surface area (Å²) in [6, 6.07) is 11.9. The van der Waals surface area contributed by atoms with Crippen LogP contribution in [0.25, 0.3) is 0 Å². The number of carbonyl (C=O) groups is 2. The zero-order chi connectivity index (χ0) is 20.1. The van der Waals surface area contributed by atoms with E-state index in [-0.39, 0.29) is 17.7 Å². The number of hydrogen-bond acceptors (Lipinski definition) is 3. The van der Waals surface area contributed by atoms with Gasteiger partial charge in [0.15, 0.2) is 0 Å². The SMILES string of the molecule is Cc1ccc(CCC(=O)N2CCCC(C(=O)Nc3cccc(C)n3)C2)c(C)c1. The van der Waals surface area contributed by atoms with Crippen molar-refractivity contribution in [1.82, 2.24) is 9.88 Å². The maximum absolute atomic E-state index is 12.7. The van der Waals surface area contributed by atoms with Crippen molar-refractivity contribution in [2.75, 3.05) is 18.4 Å². The summed E-state index contributed by atoms with van der Waals surface area (Å²) in [6.45, 7) is 7.29. The highest BCUT2D eigenvalue weighted by Crippen LogP contribution is 2.20. The van der Waals surface area contributed by atoms with E-state index in [0.717, 1.165) is 31.5 Å². The number of nitrogens with zero attached hydrogens (tertiary/aromatic N) is 2. The Bertz CT molecular complexity index is 863. The first-order valence-corrected chi connectivity index (χ1v) is 10.0. The minimum atomic E-state index is -0.180. The fourth-order valence-corrected chi connectivity index (χ4v) is 3.78. The monoisotopic (exact) mass is 379 g/mol. The van der Waals surface area contributed by atoms with Crippen LogP contribution in [0.3, 0.4) is 0 Å². The minimum absolute atomic E-state index is 0.0509. The van der Waals surface area contributed by atoms with Crippen molar-refractivity contribution in [3.63, 3.8) is 0 Å². The number of carbonyl (C=O) groups excluding carboxylic acids is 2. The van der Waals surface area contributed by atoms with Gasteiger partial charge in [-0.25, -0.2) is 4.98 Å². The van der Waals surface area contributed by atoms with Crippen LogP contribution >= 0.6 is 0 Å². The zero-order valence-corrected chi connectivity index (χ0v) is 17.0. The number of anilines is 1. The first-order valence-electron chi connectivity index (χ1n) is 10.0. The van der Waals surface area contributed by atoms with E-state index in [2.05, 4.69) is 42.3 Å². The molecule has 5 heteroatoms. The average Bonchev–Trinajstić information content (AvgIpc) is 2.67. The Morgan fingerprint density at radius 1 is 1.18 bits per heavy atom. The van der Waals surface area contributed by atoms with Crippen LogP contribution in [0.15, 0.2) is 36.4 Å². The third-order valence-electron chi connectivity index (χ3n) is 5.39. The molecule has 1 atom stereocenters. The van der Waals surface area contributed by atoms with Gasteiger partial charge in [-0.3, -0.25) is 9.59 Å².